The Kier molecular flexibility index (Phi) is 6.23. The number of ether oxygens (including phenoxy) is 4. The molecule has 11 heteroatoms. The molecule has 3 heterocycles. The summed E-state index contributed by atoms with van der Waals surface area (Å²) in [4.78, 5) is 40.6. The van der Waals surface area contributed by atoms with E-state index in [2.05, 4.69) is 10.4 Å². The van der Waals surface area contributed by atoms with Gasteiger partial charge in [0, 0.05) is 38.1 Å². The van der Waals surface area contributed by atoms with Crippen molar-refractivity contribution in [2.75, 3.05) is 38.6 Å². The number of hydrogen-bond acceptors (Lipinski definition) is 8. The van der Waals surface area contributed by atoms with Gasteiger partial charge in [0.2, 0.25) is 12.7 Å². The van der Waals surface area contributed by atoms with E-state index in [4.69, 9.17) is 18.9 Å². The summed E-state index contributed by atoms with van der Waals surface area (Å²) in [5.41, 5.74) is -0.678. The summed E-state index contributed by atoms with van der Waals surface area (Å²) in [7, 11) is 1.59. The smallest absolute Gasteiger partial charge is 0.358 e. The maximum absolute atomic E-state index is 13.6. The molecule has 11 nitrogen and oxygen atoms in total. The van der Waals surface area contributed by atoms with Crippen LogP contribution in [0.25, 0.3) is 0 Å². The van der Waals surface area contributed by atoms with Crippen LogP contribution in [0.5, 0.6) is 11.5 Å². The maximum Gasteiger partial charge on any atom is 0.358 e. The fourth-order valence-corrected chi connectivity index (χ4v) is 3.92. The minimum absolute atomic E-state index is 0.00980. The number of hydrogen-bond donors (Lipinski definition) is 1. The van der Waals surface area contributed by atoms with Gasteiger partial charge in [-0.2, -0.15) is 5.10 Å². The lowest BCUT2D eigenvalue weighted by Gasteiger charge is -2.43. The van der Waals surface area contributed by atoms with E-state index in [-0.39, 0.29) is 37.2 Å². The van der Waals surface area contributed by atoms with Crippen LogP contribution in [0.2, 0.25) is 0 Å². The third-order valence-electron chi connectivity index (χ3n) is 5.55. The van der Waals surface area contributed by atoms with Crippen molar-refractivity contribution in [2.45, 2.75) is 32.4 Å². The molecule has 0 fully saturated rings. The number of nitrogens with one attached hydrogen (secondary N) is 1. The molecular formula is C22H26N4O7. The van der Waals surface area contributed by atoms with Crippen LogP contribution in [0.4, 0.5) is 5.69 Å². The highest BCUT2D eigenvalue weighted by Gasteiger charge is 2.49. The number of nitrogens with zero attached hydrogens (tertiary/aromatic N) is 3. The monoisotopic (exact) mass is 458 g/mol. The van der Waals surface area contributed by atoms with Gasteiger partial charge in [0.15, 0.2) is 17.2 Å². The van der Waals surface area contributed by atoms with Crippen LogP contribution in [0.15, 0.2) is 24.3 Å². The third kappa shape index (κ3) is 4.11. The molecular weight excluding hydrogens is 432 g/mol. The summed E-state index contributed by atoms with van der Waals surface area (Å²) in [6, 6.07) is 6.43. The molecule has 1 unspecified atom stereocenters. The molecule has 2 amide bonds. The fraction of sp³-hybridized carbons (Fsp3) is 0.455. The van der Waals surface area contributed by atoms with Crippen molar-refractivity contribution in [3.63, 3.8) is 0 Å². The Morgan fingerprint density at radius 1 is 1.24 bits per heavy atom. The Bertz CT molecular complexity index is 1080. The van der Waals surface area contributed by atoms with E-state index >= 15 is 0 Å². The summed E-state index contributed by atoms with van der Waals surface area (Å²) in [6.45, 7) is 4.53. The number of methoxy groups -OCH3 is 1. The van der Waals surface area contributed by atoms with Gasteiger partial charge in [0.05, 0.1) is 13.2 Å². The highest BCUT2D eigenvalue weighted by molar-refractivity contribution is 6.12. The number of aromatic nitrogens is 2. The van der Waals surface area contributed by atoms with Crippen molar-refractivity contribution in [3.8, 4) is 11.5 Å². The Labute approximate surface area is 190 Å². The first-order valence-corrected chi connectivity index (χ1v) is 10.7. The highest BCUT2D eigenvalue weighted by Crippen LogP contribution is 2.39. The van der Waals surface area contributed by atoms with Gasteiger partial charge in [-0.15, -0.1) is 0 Å². The quantitative estimate of drug-likeness (QED) is 0.465. The van der Waals surface area contributed by atoms with Crippen LogP contribution in [0.1, 0.15) is 41.2 Å². The van der Waals surface area contributed by atoms with Gasteiger partial charge < -0.3 is 24.3 Å². The number of fused-ring (bicyclic) bond motifs is 2. The minimum atomic E-state index is -1.33. The number of carbonyl (C=O) groups excluding carboxylic acids is 3. The molecule has 1 aromatic carbocycles. The lowest BCUT2D eigenvalue weighted by molar-refractivity contribution is -0.126. The lowest BCUT2D eigenvalue weighted by atomic mass is 9.94. The number of anilines is 1. The van der Waals surface area contributed by atoms with Crippen molar-refractivity contribution in [2.24, 2.45) is 0 Å². The summed E-state index contributed by atoms with van der Waals surface area (Å²) >= 11 is 0. The summed E-state index contributed by atoms with van der Waals surface area (Å²) in [6.07, 6.45) is 0.621. The van der Waals surface area contributed by atoms with E-state index < -0.39 is 17.4 Å². The van der Waals surface area contributed by atoms with Crippen LogP contribution >= 0.6 is 0 Å². The fourth-order valence-electron chi connectivity index (χ4n) is 3.92. The first-order chi connectivity index (χ1) is 15.9. The second-order valence-corrected chi connectivity index (χ2v) is 7.85. The lowest BCUT2D eigenvalue weighted by Crippen LogP contribution is -2.64. The molecule has 0 aliphatic carbocycles. The third-order valence-corrected chi connectivity index (χ3v) is 5.55. The summed E-state index contributed by atoms with van der Waals surface area (Å²) in [5.74, 6) is -0.424. The van der Waals surface area contributed by atoms with Crippen LogP contribution in [0, 0.1) is 0 Å². The minimum Gasteiger partial charge on any atom is -0.461 e. The first-order valence-electron chi connectivity index (χ1n) is 10.7. The first kappa shape index (κ1) is 22.6. The van der Waals surface area contributed by atoms with Crippen LogP contribution in [0.3, 0.4) is 0 Å². The molecule has 0 spiro atoms. The van der Waals surface area contributed by atoms with Crippen LogP contribution in [-0.2, 0) is 20.8 Å². The van der Waals surface area contributed by atoms with E-state index in [0.29, 0.717) is 36.8 Å². The number of benzene rings is 1. The van der Waals surface area contributed by atoms with Crippen molar-refractivity contribution in [3.05, 3.63) is 35.7 Å². The molecule has 0 saturated carbocycles. The Morgan fingerprint density at radius 3 is 2.79 bits per heavy atom. The van der Waals surface area contributed by atoms with Gasteiger partial charge >= 0.3 is 5.97 Å². The van der Waals surface area contributed by atoms with E-state index in [1.165, 1.54) is 15.6 Å². The topological polar surface area (TPSA) is 121 Å². The van der Waals surface area contributed by atoms with E-state index in [1.807, 2.05) is 0 Å². The second-order valence-electron chi connectivity index (χ2n) is 7.85. The molecule has 1 aromatic heterocycles. The van der Waals surface area contributed by atoms with Crippen LogP contribution in [-0.4, -0.2) is 66.8 Å². The molecule has 0 bridgehead atoms. The molecule has 2 aliphatic rings. The molecule has 33 heavy (non-hydrogen) atoms. The normalized spacial score (nSPS) is 18.8. The van der Waals surface area contributed by atoms with Crippen molar-refractivity contribution < 1.29 is 33.3 Å². The molecule has 2 aromatic rings. The van der Waals surface area contributed by atoms with Gasteiger partial charge in [-0.25, -0.2) is 4.79 Å². The predicted octanol–water partition coefficient (Wildman–Crippen LogP) is 1.36. The van der Waals surface area contributed by atoms with Gasteiger partial charge in [-0.3, -0.25) is 19.2 Å². The second kappa shape index (κ2) is 9.10. The zero-order valence-corrected chi connectivity index (χ0v) is 18.8. The average Bonchev–Trinajstić information content (AvgIpc) is 3.43. The van der Waals surface area contributed by atoms with Gasteiger partial charge in [-0.1, -0.05) is 0 Å². The van der Waals surface area contributed by atoms with E-state index in [1.54, 1.807) is 39.2 Å². The van der Waals surface area contributed by atoms with Gasteiger partial charge in [-0.05, 0) is 32.4 Å². The number of rotatable bonds is 8. The zero-order valence-electron chi connectivity index (χ0n) is 18.8. The van der Waals surface area contributed by atoms with E-state index in [0.717, 1.165) is 0 Å². The van der Waals surface area contributed by atoms with E-state index in [9.17, 15) is 14.4 Å². The molecule has 4 rings (SSSR count). The molecule has 0 saturated heterocycles. The van der Waals surface area contributed by atoms with Crippen molar-refractivity contribution in [1.82, 2.24) is 15.1 Å². The molecule has 1 atom stereocenters. The maximum atomic E-state index is 13.6. The number of esters is 1. The standard InChI is InChI=1S/C22H26N4O7/c1-4-31-20(28)15-11-16-19(27)26(14-6-7-17-18(10-14)33-13-32-17)22(2,12-25(16)24-15)21(29)23-8-5-9-30-3/h6-7,10-11H,4-5,8-9,12-13H2,1-3H3,(H,23,29). The molecule has 0 radical (unpaired) electrons. The van der Waals surface area contributed by atoms with Gasteiger partial charge in [0.1, 0.15) is 11.2 Å². The average molecular weight is 458 g/mol. The molecule has 2 aliphatic heterocycles. The molecule has 1 N–H and O–H groups in total. The Morgan fingerprint density at radius 2 is 2.03 bits per heavy atom. The van der Waals surface area contributed by atoms with Gasteiger partial charge in [0.25, 0.3) is 5.91 Å². The van der Waals surface area contributed by atoms with Crippen molar-refractivity contribution in [1.29, 1.82) is 0 Å². The largest absolute Gasteiger partial charge is 0.461 e. The summed E-state index contributed by atoms with van der Waals surface area (Å²) < 4.78 is 22.3. The molecule has 176 valence electrons. The summed E-state index contributed by atoms with van der Waals surface area (Å²) in [5, 5.41) is 7.12. The van der Waals surface area contributed by atoms with Crippen LogP contribution < -0.4 is 19.7 Å². The Hall–Kier alpha value is -3.60. The number of amides is 2. The highest BCUT2D eigenvalue weighted by atomic mass is 16.7. The Balaban J connectivity index is 1.73. The zero-order chi connectivity index (χ0) is 23.6. The number of carbonyl (C=O) groups is 3. The predicted molar refractivity (Wildman–Crippen MR) is 115 cm³/mol. The SMILES string of the molecule is CCOC(=O)c1cc2n(n1)CC(C)(C(=O)NCCCOC)N(c1ccc3c(c1)OCO3)C2=O. The van der Waals surface area contributed by atoms with Crippen molar-refractivity contribution >= 4 is 23.5 Å².